The first-order valence-corrected chi connectivity index (χ1v) is 7.91. The molecule has 0 aromatic carbocycles. The Balaban J connectivity index is 1.60. The number of carbonyl (C=O) groups is 1. The van der Waals surface area contributed by atoms with E-state index in [1.165, 1.54) is 12.8 Å². The number of hydrogen-bond acceptors (Lipinski definition) is 3. The summed E-state index contributed by atoms with van der Waals surface area (Å²) < 4.78 is 0. The van der Waals surface area contributed by atoms with Gasteiger partial charge in [-0.1, -0.05) is 12.8 Å². The molecule has 0 aromatic rings. The van der Waals surface area contributed by atoms with E-state index in [9.17, 15) is 9.90 Å². The molecule has 2 aliphatic heterocycles. The third kappa shape index (κ3) is 2.65. The molecule has 0 radical (unpaired) electrons. The van der Waals surface area contributed by atoms with Crippen LogP contribution in [0.3, 0.4) is 0 Å². The number of hydrogen-bond donors (Lipinski definition) is 2. The molecule has 1 amide bonds. The van der Waals surface area contributed by atoms with Crippen molar-refractivity contribution in [1.29, 1.82) is 0 Å². The summed E-state index contributed by atoms with van der Waals surface area (Å²) in [5.41, 5.74) is 0. The maximum Gasteiger partial charge on any atom is 0.237 e. The van der Waals surface area contributed by atoms with E-state index >= 15 is 0 Å². The minimum Gasteiger partial charge on any atom is -0.393 e. The second-order valence-corrected chi connectivity index (χ2v) is 6.62. The number of aliphatic hydroxyl groups excluding tert-OH is 1. The van der Waals surface area contributed by atoms with Crippen LogP contribution >= 0.6 is 0 Å². The van der Waals surface area contributed by atoms with Gasteiger partial charge >= 0.3 is 0 Å². The molecular weight excluding hydrogens is 240 g/mol. The Morgan fingerprint density at radius 2 is 1.74 bits per heavy atom. The van der Waals surface area contributed by atoms with Gasteiger partial charge in [0.15, 0.2) is 0 Å². The van der Waals surface area contributed by atoms with E-state index in [4.69, 9.17) is 0 Å². The van der Waals surface area contributed by atoms with Crippen LogP contribution in [0, 0.1) is 0 Å². The topological polar surface area (TPSA) is 52.6 Å². The smallest absolute Gasteiger partial charge is 0.237 e. The number of nitrogens with zero attached hydrogens (tertiary/aromatic N) is 1. The lowest BCUT2D eigenvalue weighted by Crippen LogP contribution is -2.55. The summed E-state index contributed by atoms with van der Waals surface area (Å²) >= 11 is 0. The van der Waals surface area contributed by atoms with Gasteiger partial charge < -0.3 is 10.4 Å². The molecule has 0 aromatic heterocycles. The molecule has 19 heavy (non-hydrogen) atoms. The van der Waals surface area contributed by atoms with Crippen molar-refractivity contribution in [1.82, 2.24) is 10.2 Å². The lowest BCUT2D eigenvalue weighted by atomic mass is 9.97. The molecule has 2 heterocycles. The number of nitrogens with one attached hydrogen (secondary N) is 1. The van der Waals surface area contributed by atoms with Crippen molar-refractivity contribution in [3.8, 4) is 0 Å². The molecule has 4 nitrogen and oxygen atoms in total. The van der Waals surface area contributed by atoms with Gasteiger partial charge in [0.05, 0.1) is 12.1 Å². The van der Waals surface area contributed by atoms with E-state index in [1.807, 2.05) is 6.92 Å². The largest absolute Gasteiger partial charge is 0.393 e. The molecule has 108 valence electrons. The quantitative estimate of drug-likeness (QED) is 0.812. The highest BCUT2D eigenvalue weighted by molar-refractivity contribution is 5.81. The molecule has 2 saturated heterocycles. The Morgan fingerprint density at radius 1 is 1.16 bits per heavy atom. The van der Waals surface area contributed by atoms with Gasteiger partial charge in [0, 0.05) is 18.1 Å². The fourth-order valence-electron chi connectivity index (χ4n) is 4.34. The van der Waals surface area contributed by atoms with E-state index in [0.29, 0.717) is 18.1 Å². The molecule has 2 bridgehead atoms. The Bertz CT molecular complexity index is 327. The summed E-state index contributed by atoms with van der Waals surface area (Å²) in [6.07, 6.45) is 8.61. The fourth-order valence-corrected chi connectivity index (χ4v) is 4.34. The highest BCUT2D eigenvalue weighted by Gasteiger charge is 2.44. The fraction of sp³-hybridized carbons (Fsp3) is 0.933. The van der Waals surface area contributed by atoms with Crippen LogP contribution < -0.4 is 5.32 Å². The Hall–Kier alpha value is -0.610. The van der Waals surface area contributed by atoms with Crippen molar-refractivity contribution in [2.24, 2.45) is 0 Å². The van der Waals surface area contributed by atoms with Crippen molar-refractivity contribution >= 4 is 5.91 Å². The predicted octanol–water partition coefficient (Wildman–Crippen LogP) is 1.42. The van der Waals surface area contributed by atoms with Gasteiger partial charge in [-0.3, -0.25) is 9.69 Å². The van der Waals surface area contributed by atoms with Crippen LogP contribution in [0.5, 0.6) is 0 Å². The number of amides is 1. The van der Waals surface area contributed by atoms with E-state index in [2.05, 4.69) is 10.2 Å². The van der Waals surface area contributed by atoms with Gasteiger partial charge in [0.25, 0.3) is 0 Å². The molecule has 1 saturated carbocycles. The van der Waals surface area contributed by atoms with E-state index in [1.54, 1.807) is 0 Å². The molecule has 3 fully saturated rings. The maximum absolute atomic E-state index is 12.4. The van der Waals surface area contributed by atoms with Crippen molar-refractivity contribution in [2.75, 3.05) is 0 Å². The van der Waals surface area contributed by atoms with Crippen molar-refractivity contribution in [3.63, 3.8) is 0 Å². The van der Waals surface area contributed by atoms with Crippen LogP contribution in [-0.2, 0) is 4.79 Å². The molecular formula is C15H26N2O2. The molecule has 3 atom stereocenters. The van der Waals surface area contributed by atoms with Crippen molar-refractivity contribution in [3.05, 3.63) is 0 Å². The minimum atomic E-state index is -0.154. The van der Waals surface area contributed by atoms with Gasteiger partial charge in [-0.25, -0.2) is 0 Å². The first-order valence-electron chi connectivity index (χ1n) is 7.91. The molecule has 4 heteroatoms. The lowest BCUT2D eigenvalue weighted by Gasteiger charge is -2.40. The first kappa shape index (κ1) is 13.4. The molecule has 0 unspecified atom stereocenters. The number of rotatable bonds is 3. The summed E-state index contributed by atoms with van der Waals surface area (Å²) in [6, 6.07) is 1.20. The van der Waals surface area contributed by atoms with E-state index in [-0.39, 0.29) is 18.1 Å². The van der Waals surface area contributed by atoms with Gasteiger partial charge in [-0.15, -0.1) is 0 Å². The minimum absolute atomic E-state index is 0.0365. The van der Waals surface area contributed by atoms with Gasteiger partial charge in [-0.2, -0.15) is 0 Å². The van der Waals surface area contributed by atoms with Crippen LogP contribution in [0.2, 0.25) is 0 Å². The summed E-state index contributed by atoms with van der Waals surface area (Å²) in [5.74, 6) is 0.195. The summed E-state index contributed by atoms with van der Waals surface area (Å²) in [4.78, 5) is 14.8. The zero-order valence-electron chi connectivity index (χ0n) is 11.8. The number of carbonyl (C=O) groups excluding carboxylic acids is 1. The third-order valence-corrected chi connectivity index (χ3v) is 5.29. The second kappa shape index (κ2) is 5.41. The third-order valence-electron chi connectivity index (χ3n) is 5.29. The van der Waals surface area contributed by atoms with Crippen LogP contribution in [0.15, 0.2) is 0 Å². The maximum atomic E-state index is 12.4. The normalized spacial score (nSPS) is 37.5. The lowest BCUT2D eigenvalue weighted by molar-refractivity contribution is -0.129. The zero-order chi connectivity index (χ0) is 13.4. The Morgan fingerprint density at radius 3 is 2.32 bits per heavy atom. The highest BCUT2D eigenvalue weighted by Crippen LogP contribution is 2.37. The van der Waals surface area contributed by atoms with Crippen LogP contribution in [0.25, 0.3) is 0 Å². The monoisotopic (exact) mass is 266 g/mol. The standard InChI is InChI=1S/C15H26N2O2/c1-10(15(19)16-11-4-2-3-5-11)17-12-6-7-13(17)9-14(18)8-12/h10-14,18H,2-9H2,1H3,(H,16,19)/t10-,12+,13+/m1/s1. The van der Waals surface area contributed by atoms with Gasteiger partial charge in [0.2, 0.25) is 5.91 Å². The number of fused-ring (bicyclic) bond motifs is 2. The summed E-state index contributed by atoms with van der Waals surface area (Å²) in [6.45, 7) is 2.04. The second-order valence-electron chi connectivity index (χ2n) is 6.62. The number of aliphatic hydroxyl groups is 1. The van der Waals surface area contributed by atoms with Crippen molar-refractivity contribution in [2.45, 2.75) is 88.6 Å². The summed E-state index contributed by atoms with van der Waals surface area (Å²) in [7, 11) is 0. The Labute approximate surface area is 115 Å². The van der Waals surface area contributed by atoms with Crippen LogP contribution in [-0.4, -0.2) is 46.2 Å². The van der Waals surface area contributed by atoms with Crippen LogP contribution in [0.4, 0.5) is 0 Å². The van der Waals surface area contributed by atoms with E-state index in [0.717, 1.165) is 38.5 Å². The van der Waals surface area contributed by atoms with E-state index < -0.39 is 0 Å². The molecule has 3 rings (SSSR count). The van der Waals surface area contributed by atoms with Gasteiger partial charge in [-0.05, 0) is 45.4 Å². The molecule has 3 aliphatic rings. The average molecular weight is 266 g/mol. The van der Waals surface area contributed by atoms with Crippen LogP contribution in [0.1, 0.15) is 58.3 Å². The Kier molecular flexibility index (Phi) is 3.81. The highest BCUT2D eigenvalue weighted by atomic mass is 16.3. The van der Waals surface area contributed by atoms with Gasteiger partial charge in [0.1, 0.15) is 0 Å². The molecule has 0 spiro atoms. The molecule has 1 aliphatic carbocycles. The summed E-state index contributed by atoms with van der Waals surface area (Å²) in [5, 5.41) is 13.0. The predicted molar refractivity (Wildman–Crippen MR) is 73.8 cm³/mol. The van der Waals surface area contributed by atoms with Crippen molar-refractivity contribution < 1.29 is 9.90 Å². The molecule has 2 N–H and O–H groups in total. The SMILES string of the molecule is C[C@H](C(=O)NC1CCCC1)N1[C@H]2CC[C@H]1CC(O)C2. The zero-order valence-corrected chi connectivity index (χ0v) is 11.8. The number of piperidine rings is 1. The average Bonchev–Trinajstić information content (AvgIpc) is 2.96. The first-order chi connectivity index (χ1) is 9.15.